The Bertz CT molecular complexity index is 388. The van der Waals surface area contributed by atoms with E-state index in [2.05, 4.69) is 39.1 Å². The van der Waals surface area contributed by atoms with E-state index in [9.17, 15) is 0 Å². The summed E-state index contributed by atoms with van der Waals surface area (Å²) in [6.45, 7) is 10.5. The third-order valence-electron chi connectivity index (χ3n) is 4.03. The fourth-order valence-electron chi connectivity index (χ4n) is 2.43. The average molecular weight is 265 g/mol. The molecule has 1 nitrogen and oxygen atoms in total. The van der Waals surface area contributed by atoms with Gasteiger partial charge in [-0.05, 0) is 69.5 Å². The van der Waals surface area contributed by atoms with Crippen molar-refractivity contribution in [1.82, 2.24) is 5.32 Å². The lowest BCUT2D eigenvalue weighted by Gasteiger charge is -2.24. The minimum atomic E-state index is 0.462. The van der Waals surface area contributed by atoms with Crippen molar-refractivity contribution in [2.24, 2.45) is 5.41 Å². The highest BCUT2D eigenvalue weighted by Crippen LogP contribution is 2.30. The predicted octanol–water partition coefficient (Wildman–Crippen LogP) is 4.47. The summed E-state index contributed by atoms with van der Waals surface area (Å²) in [6.07, 6.45) is 6.64. The molecule has 1 aromatic heterocycles. The van der Waals surface area contributed by atoms with E-state index >= 15 is 0 Å². The maximum atomic E-state index is 3.63. The number of hydrogen-bond donors (Lipinski definition) is 1. The van der Waals surface area contributed by atoms with Crippen molar-refractivity contribution >= 4 is 11.3 Å². The number of aryl methyl sites for hydroxylation is 3. The van der Waals surface area contributed by atoms with Crippen LogP contribution in [0, 0.1) is 19.3 Å². The molecule has 1 aromatic rings. The van der Waals surface area contributed by atoms with Crippen LogP contribution in [0.1, 0.15) is 54.8 Å². The molecule has 1 saturated carbocycles. The summed E-state index contributed by atoms with van der Waals surface area (Å²) >= 11 is 1.94. The maximum absolute atomic E-state index is 3.63. The molecule has 0 spiro atoms. The molecule has 0 unspecified atom stereocenters. The number of rotatable bonds is 7. The predicted molar refractivity (Wildman–Crippen MR) is 81.5 cm³/mol. The van der Waals surface area contributed by atoms with Crippen LogP contribution in [0.25, 0.3) is 0 Å². The van der Waals surface area contributed by atoms with Crippen LogP contribution < -0.4 is 5.32 Å². The van der Waals surface area contributed by atoms with Gasteiger partial charge in [-0.2, -0.15) is 0 Å². The molecular weight excluding hydrogens is 238 g/mol. The minimum absolute atomic E-state index is 0.462. The van der Waals surface area contributed by atoms with Crippen molar-refractivity contribution < 1.29 is 0 Å². The molecule has 0 atom stereocenters. The van der Waals surface area contributed by atoms with Gasteiger partial charge in [0, 0.05) is 15.8 Å². The van der Waals surface area contributed by atoms with Gasteiger partial charge in [0.1, 0.15) is 0 Å². The maximum Gasteiger partial charge on any atom is 0.00682 e. The molecule has 18 heavy (non-hydrogen) atoms. The first-order chi connectivity index (χ1) is 8.46. The summed E-state index contributed by atoms with van der Waals surface area (Å²) in [6, 6.07) is 3.22. The van der Waals surface area contributed by atoms with Crippen LogP contribution in [0.3, 0.4) is 0 Å². The molecule has 0 aromatic carbocycles. The van der Waals surface area contributed by atoms with Crippen molar-refractivity contribution in [2.45, 2.75) is 65.8 Å². The van der Waals surface area contributed by atoms with E-state index < -0.39 is 0 Å². The highest BCUT2D eigenvalue weighted by molar-refractivity contribution is 7.12. The lowest BCUT2D eigenvalue weighted by atomic mass is 9.83. The van der Waals surface area contributed by atoms with Gasteiger partial charge in [-0.1, -0.05) is 13.8 Å². The summed E-state index contributed by atoms with van der Waals surface area (Å²) in [5, 5.41) is 3.63. The van der Waals surface area contributed by atoms with Gasteiger partial charge in [0.15, 0.2) is 0 Å². The topological polar surface area (TPSA) is 12.0 Å². The lowest BCUT2D eigenvalue weighted by molar-refractivity contribution is 0.302. The molecule has 0 radical (unpaired) electrons. The first-order valence-electron chi connectivity index (χ1n) is 7.25. The lowest BCUT2D eigenvalue weighted by Crippen LogP contribution is -2.24. The fourth-order valence-corrected chi connectivity index (χ4v) is 3.41. The van der Waals surface area contributed by atoms with Gasteiger partial charge >= 0.3 is 0 Å². The quantitative estimate of drug-likeness (QED) is 0.767. The van der Waals surface area contributed by atoms with Crippen LogP contribution in [-0.2, 0) is 6.42 Å². The van der Waals surface area contributed by atoms with E-state index in [0.29, 0.717) is 5.41 Å². The van der Waals surface area contributed by atoms with Crippen molar-refractivity contribution in [1.29, 1.82) is 0 Å². The highest BCUT2D eigenvalue weighted by atomic mass is 32.1. The highest BCUT2D eigenvalue weighted by Gasteiger charge is 2.23. The van der Waals surface area contributed by atoms with Crippen LogP contribution in [0.5, 0.6) is 0 Å². The number of hydrogen-bond acceptors (Lipinski definition) is 2. The van der Waals surface area contributed by atoms with Gasteiger partial charge < -0.3 is 5.32 Å². The fraction of sp³-hybridized carbons (Fsp3) is 0.750. The molecule has 1 aliphatic rings. The van der Waals surface area contributed by atoms with Gasteiger partial charge in [-0.3, -0.25) is 0 Å². The van der Waals surface area contributed by atoms with E-state index in [0.717, 1.165) is 6.04 Å². The molecule has 2 rings (SSSR count). The van der Waals surface area contributed by atoms with E-state index in [1.54, 1.807) is 5.56 Å². The van der Waals surface area contributed by atoms with Gasteiger partial charge in [0.2, 0.25) is 0 Å². The third kappa shape index (κ3) is 4.40. The van der Waals surface area contributed by atoms with E-state index in [1.807, 2.05) is 11.3 Å². The Morgan fingerprint density at radius 2 is 2.00 bits per heavy atom. The third-order valence-corrected chi connectivity index (χ3v) is 5.04. The zero-order valence-corrected chi connectivity index (χ0v) is 13.1. The van der Waals surface area contributed by atoms with Crippen LogP contribution >= 0.6 is 11.3 Å². The monoisotopic (exact) mass is 265 g/mol. The molecule has 2 heteroatoms. The standard InChI is InChI=1S/C16H27NS/c1-12-11-14(13(2)18-12)7-8-16(3,4)9-10-17-15-5-6-15/h11,15,17H,5-10H2,1-4H3. The minimum Gasteiger partial charge on any atom is -0.314 e. The van der Waals surface area contributed by atoms with Crippen LogP contribution in [0.2, 0.25) is 0 Å². The first-order valence-corrected chi connectivity index (χ1v) is 8.07. The molecule has 1 aliphatic carbocycles. The van der Waals surface area contributed by atoms with Crippen LogP contribution in [-0.4, -0.2) is 12.6 Å². The second-order valence-corrected chi connectivity index (χ2v) is 8.04. The van der Waals surface area contributed by atoms with Crippen molar-refractivity contribution in [3.63, 3.8) is 0 Å². The van der Waals surface area contributed by atoms with Gasteiger partial charge in [0.05, 0.1) is 0 Å². The Balaban J connectivity index is 1.74. The molecule has 102 valence electrons. The molecule has 1 heterocycles. The molecule has 0 amide bonds. The summed E-state index contributed by atoms with van der Waals surface area (Å²) < 4.78 is 0. The van der Waals surface area contributed by atoms with Crippen molar-refractivity contribution in [3.05, 3.63) is 21.4 Å². The first kappa shape index (κ1) is 14.1. The zero-order chi connectivity index (χ0) is 13.2. The molecule has 1 N–H and O–H groups in total. The summed E-state index contributed by atoms with van der Waals surface area (Å²) in [4.78, 5) is 2.97. The molecule has 0 saturated heterocycles. The second-order valence-electron chi connectivity index (χ2n) is 6.58. The molecule has 1 fully saturated rings. The van der Waals surface area contributed by atoms with Crippen molar-refractivity contribution in [3.8, 4) is 0 Å². The summed E-state index contributed by atoms with van der Waals surface area (Å²) in [5.74, 6) is 0. The summed E-state index contributed by atoms with van der Waals surface area (Å²) in [7, 11) is 0. The normalized spacial score (nSPS) is 16.2. The average Bonchev–Trinajstić information content (AvgIpc) is 3.02. The number of nitrogens with one attached hydrogen (secondary N) is 1. The SMILES string of the molecule is Cc1cc(CCC(C)(C)CCNC2CC2)c(C)s1. The van der Waals surface area contributed by atoms with E-state index in [-0.39, 0.29) is 0 Å². The van der Waals surface area contributed by atoms with Gasteiger partial charge in [-0.15, -0.1) is 11.3 Å². The Hall–Kier alpha value is -0.340. The van der Waals surface area contributed by atoms with E-state index in [1.165, 1.54) is 48.4 Å². The van der Waals surface area contributed by atoms with E-state index in [4.69, 9.17) is 0 Å². The smallest absolute Gasteiger partial charge is 0.00682 e. The molecular formula is C16H27NS. The Morgan fingerprint density at radius 1 is 1.28 bits per heavy atom. The van der Waals surface area contributed by atoms with Gasteiger partial charge in [0.25, 0.3) is 0 Å². The Morgan fingerprint density at radius 3 is 2.56 bits per heavy atom. The van der Waals surface area contributed by atoms with Crippen LogP contribution in [0.4, 0.5) is 0 Å². The van der Waals surface area contributed by atoms with Gasteiger partial charge in [-0.25, -0.2) is 0 Å². The Kier molecular flexibility index (Phi) is 4.50. The molecule has 0 aliphatic heterocycles. The summed E-state index contributed by atoms with van der Waals surface area (Å²) in [5.41, 5.74) is 2.03. The molecule has 0 bridgehead atoms. The largest absolute Gasteiger partial charge is 0.314 e. The number of thiophene rings is 1. The van der Waals surface area contributed by atoms with Crippen LogP contribution in [0.15, 0.2) is 6.07 Å². The van der Waals surface area contributed by atoms with Crippen molar-refractivity contribution in [2.75, 3.05) is 6.54 Å². The second kappa shape index (κ2) is 5.75. The zero-order valence-electron chi connectivity index (χ0n) is 12.3. The Labute approximate surface area is 116 Å².